The first-order chi connectivity index (χ1) is 15.9. The van der Waals surface area contributed by atoms with Crippen molar-refractivity contribution in [2.45, 2.75) is 49.5 Å². The molecule has 0 bridgehead atoms. The summed E-state index contributed by atoms with van der Waals surface area (Å²) in [7, 11) is 5.70. The molecule has 0 aromatic heterocycles. The summed E-state index contributed by atoms with van der Waals surface area (Å²) in [6.07, 6.45) is 5.71. The summed E-state index contributed by atoms with van der Waals surface area (Å²) >= 11 is 0. The van der Waals surface area contributed by atoms with E-state index in [1.165, 1.54) is 6.42 Å². The average molecular weight is 451 g/mol. The van der Waals surface area contributed by atoms with Gasteiger partial charge < -0.3 is 19.6 Å². The van der Waals surface area contributed by atoms with Gasteiger partial charge in [-0.3, -0.25) is 4.79 Å². The quantitative estimate of drug-likeness (QED) is 0.717. The average Bonchev–Trinajstić information content (AvgIpc) is 2.85. The summed E-state index contributed by atoms with van der Waals surface area (Å²) in [6.45, 7) is 1.82. The molecule has 2 unspecified atom stereocenters. The lowest BCUT2D eigenvalue weighted by molar-refractivity contribution is -0.149. The molecule has 5 heteroatoms. The number of carbonyl (C=O) groups excluding carboxylic acids is 1. The van der Waals surface area contributed by atoms with Crippen LogP contribution in [0.3, 0.4) is 0 Å². The van der Waals surface area contributed by atoms with E-state index in [1.54, 1.807) is 7.11 Å². The Morgan fingerprint density at radius 3 is 2.39 bits per heavy atom. The summed E-state index contributed by atoms with van der Waals surface area (Å²) in [5.74, 6) is 0.895. The lowest BCUT2D eigenvalue weighted by atomic mass is 9.67. The number of hydrogen-bond acceptors (Lipinski definition) is 4. The van der Waals surface area contributed by atoms with Gasteiger partial charge in [0.2, 0.25) is 5.91 Å². The first kappa shape index (κ1) is 23.8. The molecular formula is C28H38N2O3. The monoisotopic (exact) mass is 450 g/mol. The number of aliphatic hydroxyl groups is 1. The fraction of sp³-hybridized carbons (Fsp3) is 0.536. The highest BCUT2D eigenvalue weighted by Gasteiger charge is 2.49. The second-order valence-corrected chi connectivity index (χ2v) is 10.1. The number of rotatable bonds is 6. The second-order valence-electron chi connectivity index (χ2n) is 10.1. The second kappa shape index (κ2) is 9.86. The van der Waals surface area contributed by atoms with E-state index >= 15 is 0 Å². The minimum Gasteiger partial charge on any atom is -0.497 e. The Hall–Kier alpha value is -2.37. The van der Waals surface area contributed by atoms with Crippen LogP contribution in [0.5, 0.6) is 5.75 Å². The number of amides is 1. The zero-order valence-corrected chi connectivity index (χ0v) is 20.3. The molecule has 2 aromatic rings. The third-order valence-corrected chi connectivity index (χ3v) is 7.76. The largest absolute Gasteiger partial charge is 0.497 e. The Morgan fingerprint density at radius 2 is 1.73 bits per heavy atom. The Bertz CT molecular complexity index is 939. The van der Waals surface area contributed by atoms with Crippen LogP contribution in [0.2, 0.25) is 0 Å². The molecule has 0 spiro atoms. The molecule has 178 valence electrons. The van der Waals surface area contributed by atoms with Gasteiger partial charge in [-0.1, -0.05) is 61.7 Å². The van der Waals surface area contributed by atoms with Crippen molar-refractivity contribution in [1.29, 1.82) is 0 Å². The fourth-order valence-corrected chi connectivity index (χ4v) is 5.97. The molecule has 5 nitrogen and oxygen atoms in total. The topological polar surface area (TPSA) is 53.0 Å². The van der Waals surface area contributed by atoms with Gasteiger partial charge in [-0.25, -0.2) is 0 Å². The standard InChI is InChI=1S/C28H38N2O3/c1-29(2)20-24-21-30(18-17-28(24,32)23-13-10-14-25(19-23)33-3)26(31)27(15-8-5-9-16-27)22-11-6-4-7-12-22/h4,6-7,10-14,19,24,32H,5,8-9,15-18,20-21H2,1-3H3. The van der Waals surface area contributed by atoms with Crippen LogP contribution in [0.4, 0.5) is 0 Å². The van der Waals surface area contributed by atoms with Gasteiger partial charge >= 0.3 is 0 Å². The minimum atomic E-state index is -0.998. The number of carbonyl (C=O) groups is 1. The number of ether oxygens (including phenoxy) is 1. The molecule has 2 atom stereocenters. The van der Waals surface area contributed by atoms with Crippen molar-refractivity contribution < 1.29 is 14.6 Å². The summed E-state index contributed by atoms with van der Waals surface area (Å²) in [5.41, 5.74) is 0.582. The van der Waals surface area contributed by atoms with Gasteiger partial charge in [0.1, 0.15) is 5.75 Å². The molecule has 2 aromatic carbocycles. The van der Waals surface area contributed by atoms with E-state index in [2.05, 4.69) is 17.0 Å². The predicted molar refractivity (Wildman–Crippen MR) is 131 cm³/mol. The fourth-order valence-electron chi connectivity index (χ4n) is 5.97. The van der Waals surface area contributed by atoms with E-state index in [9.17, 15) is 9.90 Å². The Balaban J connectivity index is 1.64. The number of benzene rings is 2. The lowest BCUT2D eigenvalue weighted by Gasteiger charge is -2.49. The zero-order valence-electron chi connectivity index (χ0n) is 20.3. The Kier molecular flexibility index (Phi) is 7.10. The van der Waals surface area contributed by atoms with Crippen molar-refractivity contribution in [3.63, 3.8) is 0 Å². The predicted octanol–water partition coefficient (Wildman–Crippen LogP) is 4.20. The Labute approximate surface area is 198 Å². The highest BCUT2D eigenvalue weighted by atomic mass is 16.5. The highest BCUT2D eigenvalue weighted by Crippen LogP contribution is 2.44. The van der Waals surface area contributed by atoms with E-state index in [-0.39, 0.29) is 11.8 Å². The highest BCUT2D eigenvalue weighted by molar-refractivity contribution is 5.88. The lowest BCUT2D eigenvalue weighted by Crippen LogP contribution is -2.58. The normalized spacial score (nSPS) is 25.1. The maximum Gasteiger partial charge on any atom is 0.233 e. The molecule has 1 heterocycles. The van der Waals surface area contributed by atoms with Crippen molar-refractivity contribution in [2.24, 2.45) is 5.92 Å². The van der Waals surface area contributed by atoms with Crippen LogP contribution < -0.4 is 4.74 Å². The summed E-state index contributed by atoms with van der Waals surface area (Å²) < 4.78 is 5.42. The van der Waals surface area contributed by atoms with Crippen molar-refractivity contribution in [2.75, 3.05) is 40.8 Å². The summed E-state index contributed by atoms with van der Waals surface area (Å²) in [5, 5.41) is 11.9. The van der Waals surface area contributed by atoms with Crippen LogP contribution in [0, 0.1) is 5.92 Å². The van der Waals surface area contributed by atoms with Crippen molar-refractivity contribution in [3.8, 4) is 5.75 Å². The van der Waals surface area contributed by atoms with Gasteiger partial charge in [-0.05, 0) is 56.6 Å². The van der Waals surface area contributed by atoms with Crippen molar-refractivity contribution >= 4 is 5.91 Å². The van der Waals surface area contributed by atoms with E-state index in [0.717, 1.165) is 42.6 Å². The minimum absolute atomic E-state index is 0.0891. The van der Waals surface area contributed by atoms with Gasteiger partial charge in [-0.2, -0.15) is 0 Å². The molecule has 2 fully saturated rings. The van der Waals surface area contributed by atoms with Gasteiger partial charge in [0.05, 0.1) is 18.1 Å². The third kappa shape index (κ3) is 4.67. The number of likely N-dealkylation sites (tertiary alicyclic amines) is 1. The van der Waals surface area contributed by atoms with E-state index < -0.39 is 11.0 Å². The first-order valence-electron chi connectivity index (χ1n) is 12.3. The van der Waals surface area contributed by atoms with Crippen LogP contribution in [0.1, 0.15) is 49.7 Å². The smallest absolute Gasteiger partial charge is 0.233 e. The molecule has 1 saturated heterocycles. The number of hydrogen-bond donors (Lipinski definition) is 1. The Morgan fingerprint density at radius 1 is 1.03 bits per heavy atom. The summed E-state index contributed by atoms with van der Waals surface area (Å²) in [6, 6.07) is 18.1. The summed E-state index contributed by atoms with van der Waals surface area (Å²) in [4.78, 5) is 18.3. The maximum atomic E-state index is 14.2. The number of nitrogens with zero attached hydrogens (tertiary/aromatic N) is 2. The molecule has 1 aliphatic carbocycles. The van der Waals surface area contributed by atoms with Crippen molar-refractivity contribution in [1.82, 2.24) is 9.80 Å². The maximum absolute atomic E-state index is 14.2. The van der Waals surface area contributed by atoms with Crippen LogP contribution in [0.25, 0.3) is 0 Å². The molecule has 33 heavy (non-hydrogen) atoms. The van der Waals surface area contributed by atoms with Crippen LogP contribution in [-0.2, 0) is 15.8 Å². The molecule has 1 N–H and O–H groups in total. The molecule has 2 aliphatic rings. The van der Waals surface area contributed by atoms with E-state index in [0.29, 0.717) is 26.1 Å². The van der Waals surface area contributed by atoms with Gasteiger partial charge in [-0.15, -0.1) is 0 Å². The molecule has 1 saturated carbocycles. The SMILES string of the molecule is COc1cccc(C2(O)CCN(C(=O)C3(c4ccccc4)CCCCC3)CC2CN(C)C)c1. The molecule has 1 aliphatic heterocycles. The van der Waals surface area contributed by atoms with Crippen LogP contribution >= 0.6 is 0 Å². The molecule has 0 radical (unpaired) electrons. The van der Waals surface area contributed by atoms with E-state index in [1.807, 2.05) is 61.5 Å². The molecule has 4 rings (SSSR count). The molecular weight excluding hydrogens is 412 g/mol. The van der Waals surface area contributed by atoms with Crippen LogP contribution in [-0.4, -0.2) is 61.7 Å². The zero-order chi connectivity index (χ0) is 23.5. The number of piperidine rings is 1. The van der Waals surface area contributed by atoms with Gasteiger partial charge in [0, 0.05) is 25.6 Å². The van der Waals surface area contributed by atoms with E-state index in [4.69, 9.17) is 4.74 Å². The first-order valence-corrected chi connectivity index (χ1v) is 12.3. The number of methoxy groups -OCH3 is 1. The van der Waals surface area contributed by atoms with Crippen molar-refractivity contribution in [3.05, 3.63) is 65.7 Å². The molecule has 1 amide bonds. The third-order valence-electron chi connectivity index (χ3n) is 7.76. The van der Waals surface area contributed by atoms with Crippen LogP contribution in [0.15, 0.2) is 54.6 Å². The van der Waals surface area contributed by atoms with Gasteiger partial charge in [0.25, 0.3) is 0 Å². The van der Waals surface area contributed by atoms with Gasteiger partial charge in [0.15, 0.2) is 0 Å².